The maximum Gasteiger partial charge on any atom is 0.191 e. The summed E-state index contributed by atoms with van der Waals surface area (Å²) in [5, 5.41) is 6.67. The quantitative estimate of drug-likeness (QED) is 0.286. The zero-order valence-corrected chi connectivity index (χ0v) is 15.3. The molecule has 1 rings (SSSR count). The Bertz CT molecular complexity index is 309. The fourth-order valence-electron chi connectivity index (χ4n) is 2.19. The lowest BCUT2D eigenvalue weighted by Gasteiger charge is -2.18. The number of guanidine groups is 1. The molecular weight excluding hydrogens is 292 g/mol. The number of hydrogen-bond donors (Lipinski definition) is 2. The van der Waals surface area contributed by atoms with Crippen LogP contribution < -0.4 is 10.6 Å². The zero-order valence-electron chi connectivity index (χ0n) is 15.3. The van der Waals surface area contributed by atoms with E-state index in [9.17, 15) is 0 Å². The van der Waals surface area contributed by atoms with Crippen LogP contribution in [0.2, 0.25) is 0 Å². The maximum absolute atomic E-state index is 5.63. The third-order valence-electron chi connectivity index (χ3n) is 3.79. The monoisotopic (exact) mass is 328 g/mol. The van der Waals surface area contributed by atoms with Gasteiger partial charge in [0.05, 0.1) is 0 Å². The number of likely N-dealkylation sites (N-methyl/N-ethyl adjacent to an activating group) is 1. The summed E-state index contributed by atoms with van der Waals surface area (Å²) in [4.78, 5) is 6.90. The predicted molar refractivity (Wildman–Crippen MR) is 96.1 cm³/mol. The van der Waals surface area contributed by atoms with E-state index in [1.807, 2.05) is 0 Å². The summed E-state index contributed by atoms with van der Waals surface area (Å²) >= 11 is 0. The molecule has 0 bridgehead atoms. The molecule has 0 amide bonds. The molecule has 23 heavy (non-hydrogen) atoms. The predicted octanol–water partition coefficient (Wildman–Crippen LogP) is 1.33. The Labute approximate surface area is 142 Å². The molecule has 1 aliphatic carbocycles. The average Bonchev–Trinajstić information content (AvgIpc) is 3.35. The average molecular weight is 329 g/mol. The van der Waals surface area contributed by atoms with Crippen LogP contribution in [0, 0.1) is 5.92 Å². The Hall–Kier alpha value is -0.850. The van der Waals surface area contributed by atoms with E-state index in [2.05, 4.69) is 34.5 Å². The van der Waals surface area contributed by atoms with Crippen molar-refractivity contribution in [2.75, 3.05) is 66.7 Å². The molecule has 6 heteroatoms. The van der Waals surface area contributed by atoms with Crippen LogP contribution in [0.4, 0.5) is 0 Å². The van der Waals surface area contributed by atoms with Gasteiger partial charge in [0, 0.05) is 59.7 Å². The van der Waals surface area contributed by atoms with Gasteiger partial charge in [0.2, 0.25) is 0 Å². The van der Waals surface area contributed by atoms with Crippen molar-refractivity contribution >= 4 is 5.96 Å². The first-order chi connectivity index (χ1) is 11.3. The Morgan fingerprint density at radius 1 is 1.17 bits per heavy atom. The Morgan fingerprint density at radius 2 is 2.00 bits per heavy atom. The topological polar surface area (TPSA) is 58.1 Å². The summed E-state index contributed by atoms with van der Waals surface area (Å²) in [6.45, 7) is 9.32. The normalized spacial score (nSPS) is 15.2. The van der Waals surface area contributed by atoms with E-state index in [1.54, 1.807) is 7.11 Å². The number of methoxy groups -OCH3 is 1. The second kappa shape index (κ2) is 13.6. The standard InChI is InChI=1S/C17H36N4O2/c1-4-18-17(19-9-5-14-23-15-16-7-8-16)20-10-12-21(2)11-6-13-22-3/h16H,4-15H2,1-3H3,(H2,18,19,20). The van der Waals surface area contributed by atoms with Crippen LogP contribution in [0.25, 0.3) is 0 Å². The van der Waals surface area contributed by atoms with Gasteiger partial charge in [-0.2, -0.15) is 0 Å². The molecule has 1 fully saturated rings. The summed E-state index contributed by atoms with van der Waals surface area (Å²) < 4.78 is 10.7. The Morgan fingerprint density at radius 3 is 2.70 bits per heavy atom. The highest BCUT2D eigenvalue weighted by Gasteiger charge is 2.20. The summed E-state index contributed by atoms with van der Waals surface area (Å²) in [5.74, 6) is 1.75. The highest BCUT2D eigenvalue weighted by atomic mass is 16.5. The van der Waals surface area contributed by atoms with Crippen molar-refractivity contribution in [3.05, 3.63) is 0 Å². The van der Waals surface area contributed by atoms with Crippen molar-refractivity contribution in [2.24, 2.45) is 10.9 Å². The first-order valence-electron chi connectivity index (χ1n) is 9.03. The first kappa shape index (κ1) is 20.2. The lowest BCUT2D eigenvalue weighted by molar-refractivity contribution is 0.123. The molecule has 0 aromatic heterocycles. The van der Waals surface area contributed by atoms with Crippen molar-refractivity contribution in [1.29, 1.82) is 0 Å². The molecule has 2 N–H and O–H groups in total. The molecule has 0 atom stereocenters. The van der Waals surface area contributed by atoms with Crippen molar-refractivity contribution < 1.29 is 9.47 Å². The second-order valence-corrected chi connectivity index (χ2v) is 6.21. The van der Waals surface area contributed by atoms with E-state index in [4.69, 9.17) is 9.47 Å². The van der Waals surface area contributed by atoms with Gasteiger partial charge in [-0.05, 0) is 45.6 Å². The van der Waals surface area contributed by atoms with Gasteiger partial charge in [0.15, 0.2) is 5.96 Å². The van der Waals surface area contributed by atoms with E-state index in [-0.39, 0.29) is 0 Å². The van der Waals surface area contributed by atoms with Crippen LogP contribution in [0.3, 0.4) is 0 Å². The molecule has 6 nitrogen and oxygen atoms in total. The minimum atomic E-state index is 0.809. The summed E-state index contributed by atoms with van der Waals surface area (Å²) in [6, 6.07) is 0. The van der Waals surface area contributed by atoms with Crippen LogP contribution in [-0.2, 0) is 9.47 Å². The number of nitrogens with one attached hydrogen (secondary N) is 2. The molecule has 136 valence electrons. The number of ether oxygens (including phenoxy) is 2. The van der Waals surface area contributed by atoms with Gasteiger partial charge in [-0.3, -0.25) is 4.99 Å². The maximum atomic E-state index is 5.63. The molecule has 0 aliphatic heterocycles. The Kier molecular flexibility index (Phi) is 11.9. The van der Waals surface area contributed by atoms with Gasteiger partial charge in [-0.15, -0.1) is 0 Å². The lowest BCUT2D eigenvalue weighted by atomic mass is 10.4. The van der Waals surface area contributed by atoms with Crippen molar-refractivity contribution in [1.82, 2.24) is 15.5 Å². The van der Waals surface area contributed by atoms with E-state index in [0.717, 1.165) is 77.3 Å². The smallest absolute Gasteiger partial charge is 0.191 e. The molecule has 0 radical (unpaired) electrons. The fraction of sp³-hybridized carbons (Fsp3) is 0.941. The first-order valence-corrected chi connectivity index (χ1v) is 9.03. The highest BCUT2D eigenvalue weighted by Crippen LogP contribution is 2.28. The minimum Gasteiger partial charge on any atom is -0.385 e. The summed E-state index contributed by atoms with van der Waals surface area (Å²) in [6.07, 6.45) is 4.77. The molecular formula is C17H36N4O2. The lowest BCUT2D eigenvalue weighted by Crippen LogP contribution is -2.41. The number of nitrogens with zero attached hydrogens (tertiary/aromatic N) is 2. The van der Waals surface area contributed by atoms with Crippen molar-refractivity contribution in [2.45, 2.75) is 32.6 Å². The third-order valence-corrected chi connectivity index (χ3v) is 3.79. The van der Waals surface area contributed by atoms with E-state index < -0.39 is 0 Å². The van der Waals surface area contributed by atoms with Crippen LogP contribution in [0.5, 0.6) is 0 Å². The van der Waals surface area contributed by atoms with Crippen LogP contribution in [0.1, 0.15) is 32.6 Å². The molecule has 0 aromatic rings. The van der Waals surface area contributed by atoms with E-state index in [1.165, 1.54) is 12.8 Å². The zero-order chi connectivity index (χ0) is 16.8. The van der Waals surface area contributed by atoms with Gasteiger partial charge in [0.25, 0.3) is 0 Å². The van der Waals surface area contributed by atoms with Gasteiger partial charge in [-0.25, -0.2) is 0 Å². The number of hydrogen-bond acceptors (Lipinski definition) is 4. The SMILES string of the molecule is CCNC(=NCCCOCC1CC1)NCCN(C)CCCOC. The molecule has 0 heterocycles. The number of rotatable bonds is 14. The highest BCUT2D eigenvalue weighted by molar-refractivity contribution is 5.79. The largest absolute Gasteiger partial charge is 0.385 e. The fourth-order valence-corrected chi connectivity index (χ4v) is 2.19. The van der Waals surface area contributed by atoms with Gasteiger partial charge >= 0.3 is 0 Å². The van der Waals surface area contributed by atoms with Crippen molar-refractivity contribution in [3.8, 4) is 0 Å². The minimum absolute atomic E-state index is 0.809. The van der Waals surface area contributed by atoms with E-state index in [0.29, 0.717) is 0 Å². The van der Waals surface area contributed by atoms with Gasteiger partial charge < -0.3 is 25.0 Å². The van der Waals surface area contributed by atoms with Crippen molar-refractivity contribution in [3.63, 3.8) is 0 Å². The molecule has 0 aromatic carbocycles. The molecule has 1 saturated carbocycles. The van der Waals surface area contributed by atoms with Gasteiger partial charge in [-0.1, -0.05) is 0 Å². The third kappa shape index (κ3) is 12.3. The van der Waals surface area contributed by atoms with Gasteiger partial charge in [0.1, 0.15) is 0 Å². The van der Waals surface area contributed by atoms with Crippen LogP contribution in [0.15, 0.2) is 4.99 Å². The summed E-state index contributed by atoms with van der Waals surface area (Å²) in [7, 11) is 3.89. The molecule has 0 saturated heterocycles. The molecule has 0 spiro atoms. The van der Waals surface area contributed by atoms with Crippen LogP contribution >= 0.6 is 0 Å². The molecule has 0 unspecified atom stereocenters. The Balaban J connectivity index is 2.05. The molecule has 1 aliphatic rings. The summed E-state index contributed by atoms with van der Waals surface area (Å²) in [5.41, 5.74) is 0. The number of aliphatic imine (C=N–C) groups is 1. The van der Waals surface area contributed by atoms with E-state index >= 15 is 0 Å². The second-order valence-electron chi connectivity index (χ2n) is 6.21. The van der Waals surface area contributed by atoms with Crippen LogP contribution in [-0.4, -0.2) is 77.6 Å².